The van der Waals surface area contributed by atoms with Crippen LogP contribution in [0.15, 0.2) is 35.6 Å². The van der Waals surface area contributed by atoms with Crippen molar-refractivity contribution in [1.29, 1.82) is 0 Å². The molecule has 1 aromatic carbocycles. The van der Waals surface area contributed by atoms with E-state index >= 15 is 0 Å². The number of fused-ring (bicyclic) bond motifs is 1. The van der Waals surface area contributed by atoms with Crippen molar-refractivity contribution in [3.05, 3.63) is 46.7 Å². The van der Waals surface area contributed by atoms with E-state index in [1.54, 1.807) is 52.1 Å². The molecule has 2 aliphatic carbocycles. The molecular weight excluding hydrogens is 496 g/mol. The van der Waals surface area contributed by atoms with Crippen molar-refractivity contribution in [3.8, 4) is 0 Å². The molecule has 0 saturated heterocycles. The fourth-order valence-corrected chi connectivity index (χ4v) is 5.21. The molecule has 8 heteroatoms. The standard InChI is InChI=1S/C31H44N2O6/c1-30(2,3)21-15-13-20(14-16-21)19-24-25(34)22-11-9-10-12-23(22)26(35)27(24)38-28(36)32(7)17-18-33(8)29(37)39-31(4,5)6/h9-12,20-21H,13-19H2,1-8H3/t20-,21-. The van der Waals surface area contributed by atoms with E-state index in [0.29, 0.717) is 17.9 Å². The normalized spacial score (nSPS) is 19.9. The summed E-state index contributed by atoms with van der Waals surface area (Å²) >= 11 is 0. The number of likely N-dealkylation sites (N-methyl/N-ethyl adjacent to an activating group) is 2. The van der Waals surface area contributed by atoms with E-state index in [1.165, 1.54) is 16.8 Å². The number of carbonyl (C=O) groups excluding carboxylic acids is 4. The molecule has 1 aromatic rings. The molecule has 39 heavy (non-hydrogen) atoms. The number of nitrogens with zero attached hydrogens (tertiary/aromatic N) is 2. The van der Waals surface area contributed by atoms with Gasteiger partial charge in [0, 0.05) is 43.9 Å². The summed E-state index contributed by atoms with van der Waals surface area (Å²) in [7, 11) is 3.12. The van der Waals surface area contributed by atoms with Gasteiger partial charge in [0.05, 0.1) is 0 Å². The molecule has 214 valence electrons. The molecule has 2 aliphatic rings. The molecule has 1 fully saturated rings. The Kier molecular flexibility index (Phi) is 9.29. The first-order valence-corrected chi connectivity index (χ1v) is 13.9. The molecule has 1 saturated carbocycles. The summed E-state index contributed by atoms with van der Waals surface area (Å²) in [4.78, 5) is 55.0. The van der Waals surface area contributed by atoms with Gasteiger partial charge < -0.3 is 19.3 Å². The monoisotopic (exact) mass is 540 g/mol. The first-order valence-electron chi connectivity index (χ1n) is 13.9. The van der Waals surface area contributed by atoms with Crippen LogP contribution < -0.4 is 0 Å². The Morgan fingerprint density at radius 1 is 0.821 bits per heavy atom. The lowest BCUT2D eigenvalue weighted by Gasteiger charge is -2.37. The minimum absolute atomic E-state index is 0.159. The van der Waals surface area contributed by atoms with Crippen molar-refractivity contribution in [2.75, 3.05) is 27.2 Å². The van der Waals surface area contributed by atoms with Gasteiger partial charge in [-0.2, -0.15) is 0 Å². The van der Waals surface area contributed by atoms with Crippen LogP contribution in [0.4, 0.5) is 9.59 Å². The molecule has 8 nitrogen and oxygen atoms in total. The average molecular weight is 541 g/mol. The minimum atomic E-state index is -0.753. The van der Waals surface area contributed by atoms with Crippen molar-refractivity contribution in [3.63, 3.8) is 0 Å². The first kappa shape index (κ1) is 30.4. The number of Topliss-reactive ketones (excluding diaryl/α,β-unsaturated/α-hetero) is 2. The summed E-state index contributed by atoms with van der Waals surface area (Å²) in [6.07, 6.45) is 3.23. The molecule has 0 atom stereocenters. The second-order valence-corrected chi connectivity index (χ2v) is 13.0. The summed E-state index contributed by atoms with van der Waals surface area (Å²) in [5.41, 5.74) is 0.494. The Hall–Kier alpha value is -3.16. The zero-order chi connectivity index (χ0) is 29.1. The van der Waals surface area contributed by atoms with Gasteiger partial charge in [0.2, 0.25) is 5.78 Å². The van der Waals surface area contributed by atoms with Crippen LogP contribution in [0.2, 0.25) is 0 Å². The maximum absolute atomic E-state index is 13.6. The third-order valence-corrected chi connectivity index (χ3v) is 7.71. The number of ketones is 2. The first-order chi connectivity index (χ1) is 18.1. The van der Waals surface area contributed by atoms with Crippen molar-refractivity contribution >= 4 is 23.8 Å². The molecular formula is C31H44N2O6. The molecule has 0 radical (unpaired) electrons. The highest BCUT2D eigenvalue weighted by Gasteiger charge is 2.38. The van der Waals surface area contributed by atoms with Gasteiger partial charge in [-0.3, -0.25) is 9.59 Å². The van der Waals surface area contributed by atoms with E-state index in [0.717, 1.165) is 25.7 Å². The van der Waals surface area contributed by atoms with E-state index in [2.05, 4.69) is 20.8 Å². The van der Waals surface area contributed by atoms with Gasteiger partial charge in [-0.15, -0.1) is 0 Å². The Labute approximate surface area is 232 Å². The van der Waals surface area contributed by atoms with Crippen molar-refractivity contribution in [2.45, 2.75) is 79.2 Å². The van der Waals surface area contributed by atoms with Crippen LogP contribution in [0, 0.1) is 17.3 Å². The van der Waals surface area contributed by atoms with Gasteiger partial charge >= 0.3 is 12.2 Å². The number of amides is 2. The predicted molar refractivity (Wildman–Crippen MR) is 150 cm³/mol. The Balaban J connectivity index is 1.75. The maximum atomic E-state index is 13.6. The third-order valence-electron chi connectivity index (χ3n) is 7.71. The van der Waals surface area contributed by atoms with E-state index in [4.69, 9.17) is 9.47 Å². The molecule has 0 heterocycles. The highest BCUT2D eigenvalue weighted by Crippen LogP contribution is 2.42. The van der Waals surface area contributed by atoms with Gasteiger partial charge in [0.1, 0.15) is 5.60 Å². The van der Waals surface area contributed by atoms with Crippen LogP contribution >= 0.6 is 0 Å². The van der Waals surface area contributed by atoms with Crippen molar-refractivity contribution < 1.29 is 28.7 Å². The molecule has 3 rings (SSSR count). The lowest BCUT2D eigenvalue weighted by Crippen LogP contribution is -2.40. The molecule has 0 aliphatic heterocycles. The summed E-state index contributed by atoms with van der Waals surface area (Å²) in [6, 6.07) is 6.68. The topological polar surface area (TPSA) is 93.2 Å². The number of hydrogen-bond acceptors (Lipinski definition) is 6. The number of hydrogen-bond donors (Lipinski definition) is 0. The zero-order valence-corrected chi connectivity index (χ0v) is 24.8. The van der Waals surface area contributed by atoms with Crippen LogP contribution in [0.25, 0.3) is 0 Å². The number of benzene rings is 1. The average Bonchev–Trinajstić information content (AvgIpc) is 2.86. The quantitative estimate of drug-likeness (QED) is 0.409. The Morgan fingerprint density at radius 2 is 1.33 bits per heavy atom. The highest BCUT2D eigenvalue weighted by molar-refractivity contribution is 6.26. The SMILES string of the molecule is CN(CCN(C)C(=O)OC(C)(C)C)C(=O)OC1=C(C[C@H]2CC[C@H](C(C)(C)C)CC2)C(=O)c2ccccc2C1=O. The lowest BCUT2D eigenvalue weighted by molar-refractivity contribution is 0.0285. The van der Waals surface area contributed by atoms with Crippen LogP contribution in [0.1, 0.15) is 94.4 Å². The molecule has 0 N–H and O–H groups in total. The van der Waals surface area contributed by atoms with E-state index in [-0.39, 0.29) is 47.1 Å². The van der Waals surface area contributed by atoms with Gasteiger partial charge in [0.25, 0.3) is 0 Å². The lowest BCUT2D eigenvalue weighted by atomic mass is 9.68. The van der Waals surface area contributed by atoms with Crippen LogP contribution in [0.5, 0.6) is 0 Å². The number of rotatable bonds is 6. The molecule has 0 unspecified atom stereocenters. The number of ether oxygens (including phenoxy) is 2. The number of allylic oxidation sites excluding steroid dienone is 2. The summed E-state index contributed by atoms with van der Waals surface area (Å²) in [5.74, 6) is -0.00475. The zero-order valence-electron chi connectivity index (χ0n) is 24.8. The number of carbonyl (C=O) groups is 4. The van der Waals surface area contributed by atoms with Gasteiger partial charge in [-0.05, 0) is 70.1 Å². The molecule has 0 aromatic heterocycles. The van der Waals surface area contributed by atoms with Crippen molar-refractivity contribution in [2.24, 2.45) is 17.3 Å². The van der Waals surface area contributed by atoms with Crippen LogP contribution in [0.3, 0.4) is 0 Å². The van der Waals surface area contributed by atoms with Crippen LogP contribution in [-0.2, 0) is 9.47 Å². The molecule has 0 spiro atoms. The van der Waals surface area contributed by atoms with Gasteiger partial charge in [0.15, 0.2) is 11.5 Å². The van der Waals surface area contributed by atoms with E-state index in [1.807, 2.05) is 0 Å². The predicted octanol–water partition coefficient (Wildman–Crippen LogP) is 6.50. The Morgan fingerprint density at radius 3 is 1.85 bits per heavy atom. The van der Waals surface area contributed by atoms with Gasteiger partial charge in [-0.1, -0.05) is 45.0 Å². The fraction of sp³-hybridized carbons (Fsp3) is 0.613. The molecule has 2 amide bonds. The smallest absolute Gasteiger partial charge is 0.415 e. The van der Waals surface area contributed by atoms with Crippen LogP contribution in [-0.4, -0.2) is 66.3 Å². The highest BCUT2D eigenvalue weighted by atomic mass is 16.6. The maximum Gasteiger partial charge on any atom is 0.415 e. The van der Waals surface area contributed by atoms with E-state index < -0.39 is 23.6 Å². The minimum Gasteiger partial charge on any atom is -0.444 e. The summed E-state index contributed by atoms with van der Waals surface area (Å²) < 4.78 is 11.0. The summed E-state index contributed by atoms with van der Waals surface area (Å²) in [6.45, 7) is 12.5. The summed E-state index contributed by atoms with van der Waals surface area (Å²) in [5, 5.41) is 0. The third kappa shape index (κ3) is 7.70. The van der Waals surface area contributed by atoms with Gasteiger partial charge in [-0.25, -0.2) is 9.59 Å². The van der Waals surface area contributed by atoms with E-state index in [9.17, 15) is 19.2 Å². The largest absolute Gasteiger partial charge is 0.444 e. The fourth-order valence-electron chi connectivity index (χ4n) is 5.21. The molecule has 0 bridgehead atoms. The second kappa shape index (κ2) is 11.9. The van der Waals surface area contributed by atoms with Crippen molar-refractivity contribution in [1.82, 2.24) is 9.80 Å². The second-order valence-electron chi connectivity index (χ2n) is 13.0. The Bertz CT molecular complexity index is 1130.